The quantitative estimate of drug-likeness (QED) is 0.689. The van der Waals surface area contributed by atoms with Crippen molar-refractivity contribution in [1.82, 2.24) is 0 Å². The van der Waals surface area contributed by atoms with Gasteiger partial charge in [-0.2, -0.15) is 0 Å². The molecule has 5 nitrogen and oxygen atoms in total. The number of carboxylic acid groups (broad SMARTS) is 1. The molecule has 15 heavy (non-hydrogen) atoms. The molecule has 2 fully saturated rings. The zero-order valence-electron chi connectivity index (χ0n) is 8.51. The van der Waals surface area contributed by atoms with Crippen molar-refractivity contribution >= 4 is 11.9 Å². The van der Waals surface area contributed by atoms with E-state index in [1.165, 1.54) is 0 Å². The van der Waals surface area contributed by atoms with Crippen molar-refractivity contribution in [1.29, 1.82) is 0 Å². The summed E-state index contributed by atoms with van der Waals surface area (Å²) in [5.74, 6) is -2.72. The van der Waals surface area contributed by atoms with Gasteiger partial charge in [0.05, 0.1) is 30.7 Å². The van der Waals surface area contributed by atoms with E-state index in [0.717, 1.165) is 12.8 Å². The Bertz CT molecular complexity index is 288. The van der Waals surface area contributed by atoms with Gasteiger partial charge in [0.15, 0.2) is 0 Å². The Labute approximate surface area is 87.4 Å². The third-order valence-corrected chi connectivity index (χ3v) is 3.12. The van der Waals surface area contributed by atoms with Crippen molar-refractivity contribution in [3.8, 4) is 0 Å². The van der Waals surface area contributed by atoms with Crippen LogP contribution in [-0.4, -0.2) is 35.9 Å². The number of ether oxygens (including phenoxy) is 2. The lowest BCUT2D eigenvalue weighted by atomic mass is 9.79. The summed E-state index contributed by atoms with van der Waals surface area (Å²) in [5, 5.41) is 9.04. The summed E-state index contributed by atoms with van der Waals surface area (Å²) in [7, 11) is 0. The Balaban J connectivity index is 2.14. The van der Waals surface area contributed by atoms with E-state index in [1.807, 2.05) is 0 Å². The minimum absolute atomic E-state index is 0.254. The first-order valence-corrected chi connectivity index (χ1v) is 5.20. The zero-order valence-corrected chi connectivity index (χ0v) is 8.51. The minimum Gasteiger partial charge on any atom is -0.481 e. The van der Waals surface area contributed by atoms with Crippen LogP contribution in [0.2, 0.25) is 0 Å². The van der Waals surface area contributed by atoms with Gasteiger partial charge in [0.1, 0.15) is 0 Å². The molecule has 2 rings (SSSR count). The fourth-order valence-electron chi connectivity index (χ4n) is 2.53. The van der Waals surface area contributed by atoms with Crippen molar-refractivity contribution in [3.63, 3.8) is 0 Å². The van der Waals surface area contributed by atoms with Crippen LogP contribution < -0.4 is 0 Å². The normalized spacial score (nSPS) is 37.9. The number of rotatable bonds is 3. The van der Waals surface area contributed by atoms with Gasteiger partial charge in [0.2, 0.25) is 0 Å². The minimum atomic E-state index is -0.958. The van der Waals surface area contributed by atoms with E-state index in [9.17, 15) is 9.59 Å². The second kappa shape index (κ2) is 3.81. The van der Waals surface area contributed by atoms with Crippen LogP contribution >= 0.6 is 0 Å². The molecule has 0 amide bonds. The summed E-state index contributed by atoms with van der Waals surface area (Å²) in [5.41, 5.74) is 0. The number of carbonyl (C=O) groups excluding carboxylic acids is 1. The molecule has 0 radical (unpaired) electrons. The lowest BCUT2D eigenvalue weighted by Gasteiger charge is -2.22. The van der Waals surface area contributed by atoms with Crippen molar-refractivity contribution in [2.75, 3.05) is 6.61 Å². The molecule has 0 spiro atoms. The highest BCUT2D eigenvalue weighted by molar-refractivity contribution is 5.83. The fraction of sp³-hybridized carbons (Fsp3) is 0.800. The van der Waals surface area contributed by atoms with Crippen molar-refractivity contribution in [3.05, 3.63) is 0 Å². The van der Waals surface area contributed by atoms with E-state index in [1.54, 1.807) is 6.92 Å². The summed E-state index contributed by atoms with van der Waals surface area (Å²) in [6.07, 6.45) is 0.937. The molecular weight excluding hydrogens is 200 g/mol. The smallest absolute Gasteiger partial charge is 0.312 e. The highest BCUT2D eigenvalue weighted by atomic mass is 16.5. The molecule has 5 heteroatoms. The monoisotopic (exact) mass is 214 g/mol. The SMILES string of the molecule is CCOC(=O)[C@H]1[C@@H](C(=O)O)[C@@H]2CC[C@H]1O2. The molecule has 0 aromatic rings. The van der Waals surface area contributed by atoms with Crippen molar-refractivity contribution < 1.29 is 24.2 Å². The van der Waals surface area contributed by atoms with Gasteiger partial charge >= 0.3 is 11.9 Å². The van der Waals surface area contributed by atoms with Gasteiger partial charge in [0, 0.05) is 0 Å². The van der Waals surface area contributed by atoms with Crippen LogP contribution in [0.5, 0.6) is 0 Å². The number of aliphatic carboxylic acids is 1. The summed E-state index contributed by atoms with van der Waals surface area (Å²) in [6.45, 7) is 1.99. The lowest BCUT2D eigenvalue weighted by Crippen LogP contribution is -2.39. The van der Waals surface area contributed by atoms with Crippen molar-refractivity contribution in [2.45, 2.75) is 32.0 Å². The highest BCUT2D eigenvalue weighted by Crippen LogP contribution is 2.44. The Kier molecular flexibility index (Phi) is 2.65. The maximum absolute atomic E-state index is 11.6. The summed E-state index contributed by atoms with van der Waals surface area (Å²) < 4.78 is 10.3. The van der Waals surface area contributed by atoms with E-state index in [2.05, 4.69) is 0 Å². The Morgan fingerprint density at radius 3 is 2.47 bits per heavy atom. The van der Waals surface area contributed by atoms with Crippen LogP contribution in [0.15, 0.2) is 0 Å². The summed E-state index contributed by atoms with van der Waals surface area (Å²) >= 11 is 0. The van der Waals surface area contributed by atoms with Gasteiger partial charge in [0.25, 0.3) is 0 Å². The van der Waals surface area contributed by atoms with Crippen LogP contribution in [-0.2, 0) is 19.1 Å². The van der Waals surface area contributed by atoms with Crippen LogP contribution in [0.25, 0.3) is 0 Å². The molecule has 0 saturated carbocycles. The molecular formula is C10H14O5. The van der Waals surface area contributed by atoms with Crippen LogP contribution in [0.1, 0.15) is 19.8 Å². The number of hydrogen-bond acceptors (Lipinski definition) is 4. The van der Waals surface area contributed by atoms with E-state index in [4.69, 9.17) is 14.6 Å². The molecule has 2 bridgehead atoms. The molecule has 4 atom stereocenters. The first kappa shape index (κ1) is 10.4. The molecule has 2 heterocycles. The third-order valence-electron chi connectivity index (χ3n) is 3.12. The van der Waals surface area contributed by atoms with Gasteiger partial charge in [-0.25, -0.2) is 0 Å². The first-order chi connectivity index (χ1) is 7.15. The molecule has 1 N–H and O–H groups in total. The zero-order chi connectivity index (χ0) is 11.0. The topological polar surface area (TPSA) is 72.8 Å². The molecule has 2 saturated heterocycles. The molecule has 2 aliphatic rings. The fourth-order valence-corrected chi connectivity index (χ4v) is 2.53. The molecule has 84 valence electrons. The average Bonchev–Trinajstić information content (AvgIpc) is 2.76. The van der Waals surface area contributed by atoms with Crippen LogP contribution in [0.3, 0.4) is 0 Å². The standard InChI is InChI=1S/C10H14O5/c1-2-14-10(13)8-6-4-3-5(15-6)7(8)9(11)12/h5-8H,2-4H2,1H3,(H,11,12)/t5-,6+,7-,8+/m0/s1. The Hall–Kier alpha value is -1.10. The maximum Gasteiger partial charge on any atom is 0.312 e. The van der Waals surface area contributed by atoms with E-state index >= 15 is 0 Å². The highest BCUT2D eigenvalue weighted by Gasteiger charge is 2.56. The summed E-state index contributed by atoms with van der Waals surface area (Å²) in [4.78, 5) is 22.6. The average molecular weight is 214 g/mol. The second-order valence-corrected chi connectivity index (χ2v) is 3.93. The van der Waals surface area contributed by atoms with E-state index in [-0.39, 0.29) is 18.8 Å². The van der Waals surface area contributed by atoms with Crippen LogP contribution in [0.4, 0.5) is 0 Å². The predicted octanol–water partition coefficient (Wildman–Crippen LogP) is 0.428. The van der Waals surface area contributed by atoms with Gasteiger partial charge in [-0.05, 0) is 19.8 Å². The molecule has 0 aromatic heterocycles. The first-order valence-electron chi connectivity index (χ1n) is 5.20. The molecule has 0 aliphatic carbocycles. The Morgan fingerprint density at radius 1 is 1.33 bits per heavy atom. The van der Waals surface area contributed by atoms with E-state index < -0.39 is 23.8 Å². The van der Waals surface area contributed by atoms with Gasteiger partial charge in [-0.1, -0.05) is 0 Å². The van der Waals surface area contributed by atoms with Gasteiger partial charge in [-0.3, -0.25) is 9.59 Å². The number of carbonyl (C=O) groups is 2. The molecule has 0 unspecified atom stereocenters. The van der Waals surface area contributed by atoms with Crippen molar-refractivity contribution in [2.24, 2.45) is 11.8 Å². The maximum atomic E-state index is 11.6. The van der Waals surface area contributed by atoms with Gasteiger partial charge < -0.3 is 14.6 Å². The number of carboxylic acids is 1. The lowest BCUT2D eigenvalue weighted by molar-refractivity contribution is -0.157. The molecule has 2 aliphatic heterocycles. The predicted molar refractivity (Wildman–Crippen MR) is 49.1 cm³/mol. The third kappa shape index (κ3) is 1.61. The van der Waals surface area contributed by atoms with E-state index in [0.29, 0.717) is 0 Å². The Morgan fingerprint density at radius 2 is 1.93 bits per heavy atom. The largest absolute Gasteiger partial charge is 0.481 e. The molecule has 0 aromatic carbocycles. The number of esters is 1. The van der Waals surface area contributed by atoms with Gasteiger partial charge in [-0.15, -0.1) is 0 Å². The van der Waals surface area contributed by atoms with Crippen LogP contribution in [0, 0.1) is 11.8 Å². The second-order valence-electron chi connectivity index (χ2n) is 3.93. The number of fused-ring (bicyclic) bond motifs is 2. The summed E-state index contributed by atoms with van der Waals surface area (Å²) in [6, 6.07) is 0. The number of hydrogen-bond donors (Lipinski definition) is 1.